The number of fused-ring (bicyclic) bond motifs is 1. The number of aromatic nitrogens is 1. The minimum Gasteiger partial charge on any atom is -0.457 e. The molecule has 3 nitrogen and oxygen atoms in total. The number of nitrogens with zero attached hydrogens (tertiary/aromatic N) is 1. The first-order chi connectivity index (χ1) is 9.76. The quantitative estimate of drug-likeness (QED) is 0.781. The number of halogens is 1. The molecule has 0 aliphatic heterocycles. The van der Waals surface area contributed by atoms with Crippen LogP contribution in [0.5, 0.6) is 11.5 Å². The van der Waals surface area contributed by atoms with Crippen LogP contribution in [0, 0.1) is 0 Å². The highest BCUT2D eigenvalue weighted by molar-refractivity contribution is 9.10. The fraction of sp³-hybridized carbons (Fsp3) is 0.0625. The van der Waals surface area contributed by atoms with Gasteiger partial charge in [-0.3, -0.25) is 4.98 Å². The highest BCUT2D eigenvalue weighted by Gasteiger charge is 2.07. The summed E-state index contributed by atoms with van der Waals surface area (Å²) in [5.74, 6) is 1.56. The number of nitrogens with two attached hydrogens (primary N) is 1. The molecule has 0 saturated heterocycles. The average Bonchev–Trinajstić information content (AvgIpc) is 2.49. The number of rotatable bonds is 3. The van der Waals surface area contributed by atoms with E-state index in [1.54, 1.807) is 0 Å². The molecule has 0 saturated carbocycles. The van der Waals surface area contributed by atoms with Crippen molar-refractivity contribution in [2.24, 2.45) is 5.73 Å². The molecule has 0 fully saturated rings. The number of benzene rings is 2. The van der Waals surface area contributed by atoms with Gasteiger partial charge in [0.25, 0.3) is 0 Å². The molecule has 0 amide bonds. The molecule has 0 unspecified atom stereocenters. The molecule has 2 aromatic carbocycles. The molecule has 0 spiro atoms. The number of ether oxygens (including phenoxy) is 1. The van der Waals surface area contributed by atoms with Gasteiger partial charge in [0, 0.05) is 22.5 Å². The second kappa shape index (κ2) is 5.61. The van der Waals surface area contributed by atoms with Gasteiger partial charge < -0.3 is 10.5 Å². The van der Waals surface area contributed by atoms with Gasteiger partial charge in [0.15, 0.2) is 0 Å². The normalized spacial score (nSPS) is 10.7. The number of pyridine rings is 1. The first kappa shape index (κ1) is 13.1. The average molecular weight is 329 g/mol. The van der Waals surface area contributed by atoms with E-state index in [1.807, 2.05) is 54.6 Å². The zero-order chi connectivity index (χ0) is 13.9. The molecular formula is C16H13BrN2O. The van der Waals surface area contributed by atoms with Crippen LogP contribution in [0.4, 0.5) is 0 Å². The van der Waals surface area contributed by atoms with E-state index in [2.05, 4.69) is 20.9 Å². The van der Waals surface area contributed by atoms with Crippen LogP contribution in [-0.4, -0.2) is 4.98 Å². The third-order valence-corrected chi connectivity index (χ3v) is 3.51. The summed E-state index contributed by atoms with van der Waals surface area (Å²) in [5, 5.41) is 0.979. The van der Waals surface area contributed by atoms with Crippen LogP contribution in [0.3, 0.4) is 0 Å². The van der Waals surface area contributed by atoms with Gasteiger partial charge in [-0.25, -0.2) is 0 Å². The van der Waals surface area contributed by atoms with E-state index in [1.165, 1.54) is 0 Å². The van der Waals surface area contributed by atoms with Crippen molar-refractivity contribution in [1.29, 1.82) is 0 Å². The summed E-state index contributed by atoms with van der Waals surface area (Å²) in [4.78, 5) is 4.50. The van der Waals surface area contributed by atoms with Crippen molar-refractivity contribution in [3.05, 3.63) is 64.8 Å². The molecule has 0 atom stereocenters. The van der Waals surface area contributed by atoms with Crippen molar-refractivity contribution in [2.75, 3.05) is 0 Å². The monoisotopic (exact) mass is 328 g/mol. The van der Waals surface area contributed by atoms with E-state index in [0.717, 1.165) is 32.6 Å². The Morgan fingerprint density at radius 3 is 2.55 bits per heavy atom. The Hall–Kier alpha value is -1.91. The molecule has 1 aromatic heterocycles. The second-order valence-corrected chi connectivity index (χ2v) is 5.30. The van der Waals surface area contributed by atoms with Gasteiger partial charge >= 0.3 is 0 Å². The van der Waals surface area contributed by atoms with Crippen LogP contribution in [0.25, 0.3) is 10.9 Å². The fourth-order valence-corrected chi connectivity index (χ4v) is 2.28. The molecular weight excluding hydrogens is 316 g/mol. The molecule has 3 rings (SSSR count). The van der Waals surface area contributed by atoms with Crippen LogP contribution >= 0.6 is 15.9 Å². The summed E-state index contributed by atoms with van der Waals surface area (Å²) >= 11 is 3.41. The van der Waals surface area contributed by atoms with Gasteiger partial charge in [-0.15, -0.1) is 0 Å². The predicted octanol–water partition coefficient (Wildman–Crippen LogP) is 4.25. The molecule has 0 radical (unpaired) electrons. The Bertz CT molecular complexity index is 741. The summed E-state index contributed by atoms with van der Waals surface area (Å²) in [6, 6.07) is 17.5. The Morgan fingerprint density at radius 1 is 1.05 bits per heavy atom. The summed E-state index contributed by atoms with van der Waals surface area (Å²) < 4.78 is 6.99. The largest absolute Gasteiger partial charge is 0.457 e. The molecule has 1 heterocycles. The third-order valence-electron chi connectivity index (χ3n) is 2.98. The van der Waals surface area contributed by atoms with E-state index < -0.39 is 0 Å². The Kier molecular flexibility index (Phi) is 3.67. The zero-order valence-electron chi connectivity index (χ0n) is 10.7. The smallest absolute Gasteiger partial charge is 0.138 e. The standard InChI is InChI=1S/C16H13BrN2O/c17-11-5-7-13(8-6-11)20-16-9-12(10-18)19-15-4-2-1-3-14(15)16/h1-9H,10,18H2. The van der Waals surface area contributed by atoms with Crippen molar-refractivity contribution in [1.82, 2.24) is 4.98 Å². The van der Waals surface area contributed by atoms with Crippen molar-refractivity contribution in [3.8, 4) is 11.5 Å². The first-order valence-electron chi connectivity index (χ1n) is 6.28. The van der Waals surface area contributed by atoms with Crippen molar-refractivity contribution in [3.63, 3.8) is 0 Å². The van der Waals surface area contributed by atoms with Crippen LogP contribution in [0.15, 0.2) is 59.1 Å². The fourth-order valence-electron chi connectivity index (χ4n) is 2.01. The maximum atomic E-state index is 5.97. The number of hydrogen-bond donors (Lipinski definition) is 1. The Balaban J connectivity index is 2.07. The van der Waals surface area contributed by atoms with Crippen LogP contribution in [-0.2, 0) is 6.54 Å². The molecule has 100 valence electrons. The van der Waals surface area contributed by atoms with Gasteiger partial charge in [0.05, 0.1) is 11.2 Å². The lowest BCUT2D eigenvalue weighted by atomic mass is 10.2. The Labute approximate surface area is 125 Å². The lowest BCUT2D eigenvalue weighted by molar-refractivity contribution is 0.487. The van der Waals surface area contributed by atoms with Crippen molar-refractivity contribution < 1.29 is 4.74 Å². The number of hydrogen-bond acceptors (Lipinski definition) is 3. The Morgan fingerprint density at radius 2 is 1.80 bits per heavy atom. The van der Waals surface area contributed by atoms with E-state index >= 15 is 0 Å². The van der Waals surface area contributed by atoms with E-state index in [-0.39, 0.29) is 0 Å². The summed E-state index contributed by atoms with van der Waals surface area (Å²) in [6.07, 6.45) is 0. The maximum Gasteiger partial charge on any atom is 0.138 e. The highest BCUT2D eigenvalue weighted by atomic mass is 79.9. The lowest BCUT2D eigenvalue weighted by Crippen LogP contribution is -2.00. The zero-order valence-corrected chi connectivity index (χ0v) is 12.3. The van der Waals surface area contributed by atoms with E-state index in [0.29, 0.717) is 6.54 Å². The predicted molar refractivity (Wildman–Crippen MR) is 83.9 cm³/mol. The molecule has 3 aromatic rings. The topological polar surface area (TPSA) is 48.1 Å². The molecule has 4 heteroatoms. The van der Waals surface area contributed by atoms with Crippen LogP contribution in [0.1, 0.15) is 5.69 Å². The van der Waals surface area contributed by atoms with Gasteiger partial charge in [0.1, 0.15) is 11.5 Å². The van der Waals surface area contributed by atoms with E-state index in [4.69, 9.17) is 10.5 Å². The number of para-hydroxylation sites is 1. The third kappa shape index (κ3) is 2.66. The molecule has 0 bridgehead atoms. The van der Waals surface area contributed by atoms with Crippen LogP contribution in [0.2, 0.25) is 0 Å². The molecule has 0 aliphatic carbocycles. The van der Waals surface area contributed by atoms with Crippen molar-refractivity contribution in [2.45, 2.75) is 6.54 Å². The van der Waals surface area contributed by atoms with Gasteiger partial charge in [-0.1, -0.05) is 28.1 Å². The summed E-state index contributed by atoms with van der Waals surface area (Å²) in [5.41, 5.74) is 7.41. The van der Waals surface area contributed by atoms with E-state index in [9.17, 15) is 0 Å². The first-order valence-corrected chi connectivity index (χ1v) is 7.08. The molecule has 2 N–H and O–H groups in total. The molecule has 20 heavy (non-hydrogen) atoms. The lowest BCUT2D eigenvalue weighted by Gasteiger charge is -2.10. The van der Waals surface area contributed by atoms with Crippen LogP contribution < -0.4 is 10.5 Å². The molecule has 0 aliphatic rings. The second-order valence-electron chi connectivity index (χ2n) is 4.39. The minimum absolute atomic E-state index is 0.390. The summed E-state index contributed by atoms with van der Waals surface area (Å²) in [6.45, 7) is 0.390. The van der Waals surface area contributed by atoms with Crippen molar-refractivity contribution >= 4 is 26.8 Å². The van der Waals surface area contributed by atoms with Gasteiger partial charge in [-0.05, 0) is 36.4 Å². The summed E-state index contributed by atoms with van der Waals surface area (Å²) in [7, 11) is 0. The minimum atomic E-state index is 0.390. The highest BCUT2D eigenvalue weighted by Crippen LogP contribution is 2.30. The SMILES string of the molecule is NCc1cc(Oc2ccc(Br)cc2)c2ccccc2n1. The maximum absolute atomic E-state index is 5.97. The van der Waals surface area contributed by atoms with Gasteiger partial charge in [-0.2, -0.15) is 0 Å². The van der Waals surface area contributed by atoms with Gasteiger partial charge in [0.2, 0.25) is 0 Å².